The molecule has 1 amide bonds. The number of carbonyl (C=O) groups is 1. The van der Waals surface area contributed by atoms with Crippen molar-refractivity contribution in [3.63, 3.8) is 0 Å². The van der Waals surface area contributed by atoms with Gasteiger partial charge in [0.05, 0.1) is 11.3 Å². The Hall–Kier alpha value is -1.02. The number of sulfonamides is 1. The molecule has 0 bridgehead atoms. The molecule has 0 radical (unpaired) electrons. The number of rotatable bonds is 5. The average Bonchev–Trinajstić information content (AvgIpc) is 2.49. The van der Waals surface area contributed by atoms with Gasteiger partial charge in [-0.25, -0.2) is 12.7 Å². The standard InChI is InChI=1S/C15H20Cl2N2O4S/c1-10(23-14-6-5-11(16)8-13(14)17)15(20)18-12-4-3-7-19(9-12)24(2,21)22/h5-6,8,10,12H,3-4,7,9H2,1-2H3,(H,18,20). The number of nitrogens with zero attached hydrogens (tertiary/aromatic N) is 1. The van der Waals surface area contributed by atoms with E-state index in [2.05, 4.69) is 5.32 Å². The van der Waals surface area contributed by atoms with Crippen LogP contribution in [-0.4, -0.2) is 50.1 Å². The van der Waals surface area contributed by atoms with Gasteiger partial charge in [-0.15, -0.1) is 0 Å². The predicted octanol–water partition coefficient (Wildman–Crippen LogP) is 2.30. The van der Waals surface area contributed by atoms with Crippen LogP contribution < -0.4 is 10.1 Å². The van der Waals surface area contributed by atoms with Gasteiger partial charge in [-0.05, 0) is 38.0 Å². The maximum absolute atomic E-state index is 12.3. The predicted molar refractivity (Wildman–Crippen MR) is 94.1 cm³/mol. The fraction of sp³-hybridized carbons (Fsp3) is 0.533. The lowest BCUT2D eigenvalue weighted by atomic mass is 10.1. The summed E-state index contributed by atoms with van der Waals surface area (Å²) >= 11 is 11.8. The molecule has 1 heterocycles. The maximum atomic E-state index is 12.3. The van der Waals surface area contributed by atoms with Gasteiger partial charge in [0, 0.05) is 24.2 Å². The highest BCUT2D eigenvalue weighted by Gasteiger charge is 2.28. The molecule has 1 aliphatic rings. The first-order valence-corrected chi connectivity index (χ1v) is 10.1. The summed E-state index contributed by atoms with van der Waals surface area (Å²) in [5.41, 5.74) is 0. The molecule has 2 atom stereocenters. The highest BCUT2D eigenvalue weighted by atomic mass is 35.5. The second-order valence-electron chi connectivity index (χ2n) is 5.80. The highest BCUT2D eigenvalue weighted by Crippen LogP contribution is 2.28. The van der Waals surface area contributed by atoms with Gasteiger partial charge >= 0.3 is 0 Å². The fourth-order valence-corrected chi connectivity index (χ4v) is 3.86. The van der Waals surface area contributed by atoms with Crippen LogP contribution in [0.4, 0.5) is 0 Å². The lowest BCUT2D eigenvalue weighted by Gasteiger charge is -2.32. The number of amides is 1. The molecule has 1 saturated heterocycles. The van der Waals surface area contributed by atoms with Crippen LogP contribution in [0.15, 0.2) is 18.2 Å². The first-order chi connectivity index (χ1) is 11.2. The van der Waals surface area contributed by atoms with Crippen LogP contribution in [0.5, 0.6) is 5.75 Å². The zero-order valence-electron chi connectivity index (χ0n) is 13.5. The van der Waals surface area contributed by atoms with Crippen LogP contribution in [0.25, 0.3) is 0 Å². The summed E-state index contributed by atoms with van der Waals surface area (Å²) in [7, 11) is -3.25. The van der Waals surface area contributed by atoms with Crippen molar-refractivity contribution in [2.75, 3.05) is 19.3 Å². The molecular weight excluding hydrogens is 375 g/mol. The van der Waals surface area contributed by atoms with Crippen molar-refractivity contribution in [2.45, 2.75) is 31.9 Å². The molecule has 9 heteroatoms. The van der Waals surface area contributed by atoms with E-state index in [0.717, 1.165) is 6.42 Å². The van der Waals surface area contributed by atoms with Gasteiger partial charge in [-0.1, -0.05) is 23.2 Å². The van der Waals surface area contributed by atoms with E-state index < -0.39 is 16.1 Å². The van der Waals surface area contributed by atoms with Gasteiger partial charge in [-0.3, -0.25) is 4.79 Å². The Balaban J connectivity index is 1.94. The second-order valence-corrected chi connectivity index (χ2v) is 8.63. The van der Waals surface area contributed by atoms with Crippen molar-refractivity contribution < 1.29 is 17.9 Å². The van der Waals surface area contributed by atoms with Crippen LogP contribution >= 0.6 is 23.2 Å². The van der Waals surface area contributed by atoms with E-state index in [-0.39, 0.29) is 18.5 Å². The first-order valence-electron chi connectivity index (χ1n) is 7.54. The Bertz CT molecular complexity index is 711. The van der Waals surface area contributed by atoms with Gasteiger partial charge in [0.2, 0.25) is 10.0 Å². The van der Waals surface area contributed by atoms with Crippen molar-refractivity contribution >= 4 is 39.1 Å². The SMILES string of the molecule is CC(Oc1ccc(Cl)cc1Cl)C(=O)NC1CCCN(S(C)(=O)=O)C1. The minimum Gasteiger partial charge on any atom is -0.479 e. The summed E-state index contributed by atoms with van der Waals surface area (Å²) in [6, 6.07) is 4.53. The lowest BCUT2D eigenvalue weighted by Crippen LogP contribution is -2.51. The van der Waals surface area contributed by atoms with Crippen LogP contribution in [0, 0.1) is 0 Å². The molecule has 134 valence electrons. The van der Waals surface area contributed by atoms with E-state index in [1.807, 2.05) is 0 Å². The van der Waals surface area contributed by atoms with Gasteiger partial charge in [0.15, 0.2) is 6.10 Å². The normalized spacial score (nSPS) is 20.4. The molecular formula is C15H20Cl2N2O4S. The first kappa shape index (κ1) is 19.3. The minimum absolute atomic E-state index is 0.229. The van der Waals surface area contributed by atoms with Gasteiger partial charge in [-0.2, -0.15) is 0 Å². The van der Waals surface area contributed by atoms with E-state index in [1.165, 1.54) is 16.6 Å². The average molecular weight is 395 g/mol. The number of hydrogen-bond donors (Lipinski definition) is 1. The number of nitrogens with one attached hydrogen (secondary N) is 1. The molecule has 1 aliphatic heterocycles. The van der Waals surface area contributed by atoms with Crippen molar-refractivity contribution in [1.82, 2.24) is 9.62 Å². The largest absolute Gasteiger partial charge is 0.479 e. The summed E-state index contributed by atoms with van der Waals surface area (Å²) in [4.78, 5) is 12.3. The fourth-order valence-electron chi connectivity index (χ4n) is 2.49. The summed E-state index contributed by atoms with van der Waals surface area (Å²) in [6.45, 7) is 2.37. The molecule has 0 aliphatic carbocycles. The summed E-state index contributed by atoms with van der Waals surface area (Å²) in [6.07, 6.45) is 1.84. The molecule has 1 aromatic rings. The van der Waals surface area contributed by atoms with Crippen LogP contribution in [0.1, 0.15) is 19.8 Å². The smallest absolute Gasteiger partial charge is 0.261 e. The van der Waals surface area contributed by atoms with Crippen LogP contribution in [-0.2, 0) is 14.8 Å². The van der Waals surface area contributed by atoms with E-state index in [0.29, 0.717) is 28.8 Å². The molecule has 2 unspecified atom stereocenters. The molecule has 0 saturated carbocycles. The van der Waals surface area contributed by atoms with Crippen LogP contribution in [0.3, 0.4) is 0 Å². The Labute approximate surface area is 152 Å². The lowest BCUT2D eigenvalue weighted by molar-refractivity contribution is -0.128. The summed E-state index contributed by atoms with van der Waals surface area (Å²) in [5.74, 6) is 0.0477. The molecule has 1 aromatic carbocycles. The summed E-state index contributed by atoms with van der Waals surface area (Å²) in [5, 5.41) is 3.63. The van der Waals surface area contributed by atoms with Gasteiger partial charge in [0.25, 0.3) is 5.91 Å². The third-order valence-electron chi connectivity index (χ3n) is 3.77. The van der Waals surface area contributed by atoms with Gasteiger partial charge < -0.3 is 10.1 Å². The number of ether oxygens (including phenoxy) is 1. The number of carbonyl (C=O) groups excluding carboxylic acids is 1. The third-order valence-corrected chi connectivity index (χ3v) is 5.57. The Morgan fingerprint density at radius 3 is 2.75 bits per heavy atom. The van der Waals surface area contributed by atoms with Gasteiger partial charge in [0.1, 0.15) is 5.75 Å². The molecule has 24 heavy (non-hydrogen) atoms. The van der Waals surface area contributed by atoms with E-state index in [9.17, 15) is 13.2 Å². The van der Waals surface area contributed by atoms with Crippen molar-refractivity contribution in [3.05, 3.63) is 28.2 Å². The van der Waals surface area contributed by atoms with E-state index in [4.69, 9.17) is 27.9 Å². The Kier molecular flexibility index (Phi) is 6.36. The summed E-state index contributed by atoms with van der Waals surface area (Å²) < 4.78 is 30.2. The van der Waals surface area contributed by atoms with Crippen molar-refractivity contribution in [2.24, 2.45) is 0 Å². The number of hydrogen-bond acceptors (Lipinski definition) is 4. The quantitative estimate of drug-likeness (QED) is 0.830. The highest BCUT2D eigenvalue weighted by molar-refractivity contribution is 7.88. The van der Waals surface area contributed by atoms with Crippen LogP contribution in [0.2, 0.25) is 10.0 Å². The minimum atomic E-state index is -3.25. The molecule has 2 rings (SSSR count). The van der Waals surface area contributed by atoms with E-state index >= 15 is 0 Å². The number of halogens is 2. The monoisotopic (exact) mass is 394 g/mol. The zero-order chi connectivity index (χ0) is 17.9. The maximum Gasteiger partial charge on any atom is 0.261 e. The van der Waals surface area contributed by atoms with E-state index in [1.54, 1.807) is 19.1 Å². The molecule has 1 N–H and O–H groups in total. The Morgan fingerprint density at radius 1 is 1.42 bits per heavy atom. The Morgan fingerprint density at radius 2 is 2.12 bits per heavy atom. The number of benzene rings is 1. The molecule has 6 nitrogen and oxygen atoms in total. The third kappa shape index (κ3) is 5.24. The van der Waals surface area contributed by atoms with Crippen molar-refractivity contribution in [1.29, 1.82) is 0 Å². The topological polar surface area (TPSA) is 75.7 Å². The molecule has 0 spiro atoms. The molecule has 1 fully saturated rings. The van der Waals surface area contributed by atoms with Crippen molar-refractivity contribution in [3.8, 4) is 5.75 Å². The zero-order valence-corrected chi connectivity index (χ0v) is 15.8. The number of piperidine rings is 1. The second kappa shape index (κ2) is 7.91. The molecule has 0 aromatic heterocycles.